The lowest BCUT2D eigenvalue weighted by Gasteiger charge is -2.08. The maximum Gasteiger partial charge on any atom is 0.337 e. The van der Waals surface area contributed by atoms with Crippen molar-refractivity contribution in [3.05, 3.63) is 59.4 Å². The minimum atomic E-state index is -0.951. The van der Waals surface area contributed by atoms with Gasteiger partial charge in [0.2, 0.25) is 0 Å². The largest absolute Gasteiger partial charge is 0.478 e. The predicted octanol–water partition coefficient (Wildman–Crippen LogP) is 3.59. The average molecular weight is 280 g/mol. The number of para-hydroxylation sites is 1. The lowest BCUT2D eigenvalue weighted by Crippen LogP contribution is -1.99. The van der Waals surface area contributed by atoms with E-state index in [4.69, 9.17) is 0 Å². The molecule has 3 aromatic rings. The molecule has 0 amide bonds. The molecular formula is C17H16N2O2. The Morgan fingerprint density at radius 3 is 2.71 bits per heavy atom. The molecule has 0 bridgehead atoms. The first-order chi connectivity index (χ1) is 10.1. The van der Waals surface area contributed by atoms with Crippen molar-refractivity contribution in [1.29, 1.82) is 0 Å². The molecule has 0 saturated carbocycles. The van der Waals surface area contributed by atoms with Gasteiger partial charge in [-0.3, -0.25) is 4.57 Å². The average Bonchev–Trinajstić information content (AvgIpc) is 2.82. The summed E-state index contributed by atoms with van der Waals surface area (Å²) in [6.07, 6.45) is 0.958. The number of hydrogen-bond donors (Lipinski definition) is 1. The number of rotatable bonds is 3. The van der Waals surface area contributed by atoms with Gasteiger partial charge in [0.1, 0.15) is 11.3 Å². The second-order valence-corrected chi connectivity index (χ2v) is 5.00. The fourth-order valence-corrected chi connectivity index (χ4v) is 2.63. The third-order valence-electron chi connectivity index (χ3n) is 3.66. The molecule has 0 aliphatic carbocycles. The summed E-state index contributed by atoms with van der Waals surface area (Å²) in [5.41, 5.74) is 3.84. The molecular weight excluding hydrogens is 264 g/mol. The molecule has 0 saturated heterocycles. The van der Waals surface area contributed by atoms with Gasteiger partial charge >= 0.3 is 5.97 Å². The van der Waals surface area contributed by atoms with Crippen LogP contribution in [0, 0.1) is 6.92 Å². The van der Waals surface area contributed by atoms with Crippen LogP contribution < -0.4 is 0 Å². The topological polar surface area (TPSA) is 55.1 Å². The van der Waals surface area contributed by atoms with Crippen molar-refractivity contribution in [3.63, 3.8) is 0 Å². The van der Waals surface area contributed by atoms with E-state index in [1.165, 1.54) is 5.56 Å². The first-order valence-corrected chi connectivity index (χ1v) is 6.92. The predicted molar refractivity (Wildman–Crippen MR) is 82.1 cm³/mol. The zero-order valence-corrected chi connectivity index (χ0v) is 12.0. The molecule has 2 aromatic carbocycles. The van der Waals surface area contributed by atoms with Crippen LogP contribution in [0.15, 0.2) is 42.5 Å². The van der Waals surface area contributed by atoms with Crippen LogP contribution in [0.3, 0.4) is 0 Å². The van der Waals surface area contributed by atoms with Crippen molar-refractivity contribution in [1.82, 2.24) is 9.55 Å². The number of carboxylic acids is 1. The molecule has 0 radical (unpaired) electrons. The van der Waals surface area contributed by atoms with E-state index in [1.54, 1.807) is 12.1 Å². The molecule has 0 aliphatic heterocycles. The van der Waals surface area contributed by atoms with E-state index in [9.17, 15) is 9.90 Å². The van der Waals surface area contributed by atoms with Crippen LogP contribution in [-0.4, -0.2) is 20.6 Å². The molecule has 3 rings (SSSR count). The van der Waals surface area contributed by atoms with Crippen molar-refractivity contribution >= 4 is 17.0 Å². The summed E-state index contributed by atoms with van der Waals surface area (Å²) < 4.78 is 2.00. The molecule has 0 spiro atoms. The van der Waals surface area contributed by atoms with Crippen LogP contribution in [0.25, 0.3) is 16.7 Å². The maximum atomic E-state index is 11.3. The Hall–Kier alpha value is -2.62. The van der Waals surface area contributed by atoms with Gasteiger partial charge in [0.25, 0.3) is 0 Å². The van der Waals surface area contributed by atoms with Gasteiger partial charge in [0.05, 0.1) is 11.1 Å². The Balaban J connectivity index is 2.30. The summed E-state index contributed by atoms with van der Waals surface area (Å²) in [6, 6.07) is 13.5. The van der Waals surface area contributed by atoms with Crippen molar-refractivity contribution in [2.75, 3.05) is 0 Å². The number of aryl methyl sites for hydroxylation is 2. The molecule has 106 valence electrons. The van der Waals surface area contributed by atoms with E-state index in [0.717, 1.165) is 23.4 Å². The monoisotopic (exact) mass is 280 g/mol. The first kappa shape index (κ1) is 13.4. The Morgan fingerprint density at radius 2 is 2.00 bits per heavy atom. The third-order valence-corrected chi connectivity index (χ3v) is 3.66. The number of hydrogen-bond acceptors (Lipinski definition) is 2. The Labute approximate surface area is 122 Å². The van der Waals surface area contributed by atoms with Gasteiger partial charge in [0.15, 0.2) is 0 Å². The zero-order chi connectivity index (χ0) is 15.0. The fraction of sp³-hybridized carbons (Fsp3) is 0.176. The highest BCUT2D eigenvalue weighted by Crippen LogP contribution is 2.24. The summed E-state index contributed by atoms with van der Waals surface area (Å²) in [5.74, 6) is -0.167. The first-order valence-electron chi connectivity index (χ1n) is 6.92. The van der Waals surface area contributed by atoms with Crippen LogP contribution in [0.4, 0.5) is 0 Å². The maximum absolute atomic E-state index is 11.3. The molecule has 1 heterocycles. The number of aromatic nitrogens is 2. The van der Waals surface area contributed by atoms with Crippen LogP contribution in [0.1, 0.15) is 28.7 Å². The number of aromatic carboxylic acids is 1. The molecule has 21 heavy (non-hydrogen) atoms. The third kappa shape index (κ3) is 2.18. The quantitative estimate of drug-likeness (QED) is 0.797. The smallest absolute Gasteiger partial charge is 0.337 e. The number of carbonyl (C=O) groups is 1. The highest BCUT2D eigenvalue weighted by Gasteiger charge is 2.15. The van der Waals surface area contributed by atoms with Gasteiger partial charge in [-0.1, -0.05) is 25.1 Å². The number of nitrogens with zero attached hydrogens (tertiary/aromatic N) is 2. The van der Waals surface area contributed by atoms with Crippen molar-refractivity contribution < 1.29 is 9.90 Å². The Morgan fingerprint density at radius 1 is 1.24 bits per heavy atom. The lowest BCUT2D eigenvalue weighted by atomic mass is 10.1. The fourth-order valence-electron chi connectivity index (χ4n) is 2.63. The van der Waals surface area contributed by atoms with Gasteiger partial charge in [-0.05, 0) is 43.2 Å². The summed E-state index contributed by atoms with van der Waals surface area (Å²) in [4.78, 5) is 15.8. The Bertz CT molecular complexity index is 834. The van der Waals surface area contributed by atoms with Crippen LogP contribution in [-0.2, 0) is 6.42 Å². The molecule has 0 aliphatic rings. The highest BCUT2D eigenvalue weighted by atomic mass is 16.4. The van der Waals surface area contributed by atoms with Crippen LogP contribution >= 0.6 is 0 Å². The molecule has 4 nitrogen and oxygen atoms in total. The van der Waals surface area contributed by atoms with E-state index in [2.05, 4.69) is 24.0 Å². The summed E-state index contributed by atoms with van der Waals surface area (Å²) >= 11 is 0. The number of carboxylic acid groups (broad SMARTS) is 1. The summed E-state index contributed by atoms with van der Waals surface area (Å²) in [6.45, 7) is 4.00. The van der Waals surface area contributed by atoms with E-state index in [-0.39, 0.29) is 5.56 Å². The van der Waals surface area contributed by atoms with Crippen LogP contribution in [0.5, 0.6) is 0 Å². The van der Waals surface area contributed by atoms with Gasteiger partial charge in [0, 0.05) is 5.69 Å². The van der Waals surface area contributed by atoms with Gasteiger partial charge in [-0.25, -0.2) is 9.78 Å². The van der Waals surface area contributed by atoms with E-state index in [0.29, 0.717) is 5.52 Å². The lowest BCUT2D eigenvalue weighted by molar-refractivity contribution is 0.0699. The van der Waals surface area contributed by atoms with Crippen molar-refractivity contribution in [2.24, 2.45) is 0 Å². The van der Waals surface area contributed by atoms with Gasteiger partial charge < -0.3 is 5.11 Å². The molecule has 0 unspecified atom stereocenters. The normalized spacial score (nSPS) is 11.0. The summed E-state index contributed by atoms with van der Waals surface area (Å²) in [5, 5.41) is 9.29. The molecule has 1 aromatic heterocycles. The highest BCUT2D eigenvalue weighted by molar-refractivity contribution is 6.01. The van der Waals surface area contributed by atoms with Crippen molar-refractivity contribution in [3.8, 4) is 5.69 Å². The minimum Gasteiger partial charge on any atom is -0.478 e. The second-order valence-electron chi connectivity index (χ2n) is 5.00. The number of imidazole rings is 1. The summed E-state index contributed by atoms with van der Waals surface area (Å²) in [7, 11) is 0. The van der Waals surface area contributed by atoms with Crippen LogP contribution in [0.2, 0.25) is 0 Å². The van der Waals surface area contributed by atoms with E-state index < -0.39 is 5.97 Å². The Kier molecular flexibility index (Phi) is 3.22. The van der Waals surface area contributed by atoms with E-state index in [1.807, 2.05) is 29.7 Å². The zero-order valence-electron chi connectivity index (χ0n) is 12.0. The number of benzene rings is 2. The van der Waals surface area contributed by atoms with Gasteiger partial charge in [-0.2, -0.15) is 0 Å². The molecule has 0 fully saturated rings. The van der Waals surface area contributed by atoms with E-state index >= 15 is 0 Å². The SMILES string of the molecule is CCc1cccc(-n2c(C)nc3c(C(=O)O)cccc32)c1. The number of fused-ring (bicyclic) bond motifs is 1. The molecule has 4 heteroatoms. The molecule has 0 atom stereocenters. The minimum absolute atomic E-state index is 0.237. The second kappa shape index (κ2) is 5.05. The molecule has 1 N–H and O–H groups in total. The standard InChI is InChI=1S/C17H16N2O2/c1-3-12-6-4-7-13(10-12)19-11(2)18-16-14(17(20)21)8-5-9-15(16)19/h4-10H,3H2,1-2H3,(H,20,21). The van der Waals surface area contributed by atoms with Gasteiger partial charge in [-0.15, -0.1) is 0 Å². The van der Waals surface area contributed by atoms with Crippen molar-refractivity contribution in [2.45, 2.75) is 20.3 Å².